The van der Waals surface area contributed by atoms with Gasteiger partial charge in [0.25, 0.3) is 11.8 Å². The lowest BCUT2D eigenvalue weighted by Crippen LogP contribution is -2.30. The highest BCUT2D eigenvalue weighted by atomic mass is 16.2. The van der Waals surface area contributed by atoms with Gasteiger partial charge < -0.3 is 15.6 Å². The number of carbonyl (C=O) groups is 2. The summed E-state index contributed by atoms with van der Waals surface area (Å²) in [5, 5.41) is 5.53. The second kappa shape index (κ2) is 7.97. The van der Waals surface area contributed by atoms with Gasteiger partial charge in [-0.3, -0.25) is 9.59 Å². The van der Waals surface area contributed by atoms with Gasteiger partial charge in [-0.05, 0) is 12.0 Å². The van der Waals surface area contributed by atoms with Crippen LogP contribution >= 0.6 is 0 Å². The highest BCUT2D eigenvalue weighted by Crippen LogP contribution is 2.04. The first-order chi connectivity index (χ1) is 10.7. The first-order valence-electron chi connectivity index (χ1n) is 7.36. The van der Waals surface area contributed by atoms with Crippen LogP contribution in [0.25, 0.3) is 0 Å². The van der Waals surface area contributed by atoms with Crippen molar-refractivity contribution in [3.8, 4) is 0 Å². The van der Waals surface area contributed by atoms with Crippen molar-refractivity contribution in [2.45, 2.75) is 26.3 Å². The van der Waals surface area contributed by atoms with Crippen molar-refractivity contribution in [3.05, 3.63) is 53.6 Å². The summed E-state index contributed by atoms with van der Waals surface area (Å²) in [6.07, 6.45) is 3.24. The number of rotatable bonds is 7. The Morgan fingerprint density at radius 1 is 1.14 bits per heavy atom. The molecule has 22 heavy (non-hydrogen) atoms. The Kier molecular flexibility index (Phi) is 5.71. The van der Waals surface area contributed by atoms with Crippen molar-refractivity contribution in [2.24, 2.45) is 0 Å². The number of carbonyl (C=O) groups excluding carboxylic acids is 2. The Morgan fingerprint density at radius 2 is 1.91 bits per heavy atom. The van der Waals surface area contributed by atoms with Crippen LogP contribution < -0.4 is 10.6 Å². The van der Waals surface area contributed by atoms with Crippen LogP contribution in [0.2, 0.25) is 0 Å². The van der Waals surface area contributed by atoms with Crippen molar-refractivity contribution in [1.82, 2.24) is 20.6 Å². The van der Waals surface area contributed by atoms with E-state index in [1.165, 1.54) is 6.33 Å². The standard InChI is InChI=1S/C16H20N4O2/c1-2-3-9-17-15(21)13-14(20-11-19-13)16(22)18-10-12-7-5-4-6-8-12/h4-8,11H,2-3,9-10H2,1H3,(H,17,21)(H,18,22)(H,19,20). The summed E-state index contributed by atoms with van der Waals surface area (Å²) >= 11 is 0. The molecule has 0 aliphatic heterocycles. The maximum Gasteiger partial charge on any atom is 0.272 e. The van der Waals surface area contributed by atoms with Crippen molar-refractivity contribution >= 4 is 11.8 Å². The molecule has 0 bridgehead atoms. The number of nitrogens with one attached hydrogen (secondary N) is 3. The number of unbranched alkanes of at least 4 members (excludes halogenated alkanes) is 1. The molecule has 1 heterocycles. The lowest BCUT2D eigenvalue weighted by atomic mass is 10.2. The van der Waals surface area contributed by atoms with Gasteiger partial charge in [0, 0.05) is 13.1 Å². The van der Waals surface area contributed by atoms with E-state index in [0.29, 0.717) is 13.1 Å². The van der Waals surface area contributed by atoms with Crippen molar-refractivity contribution in [2.75, 3.05) is 6.54 Å². The summed E-state index contributed by atoms with van der Waals surface area (Å²) in [4.78, 5) is 30.9. The summed E-state index contributed by atoms with van der Waals surface area (Å²) in [7, 11) is 0. The summed E-state index contributed by atoms with van der Waals surface area (Å²) in [5.41, 5.74) is 1.30. The largest absolute Gasteiger partial charge is 0.351 e. The molecular weight excluding hydrogens is 280 g/mol. The maximum absolute atomic E-state index is 12.2. The first-order valence-corrected chi connectivity index (χ1v) is 7.36. The molecule has 0 fully saturated rings. The van der Waals surface area contributed by atoms with Crippen molar-refractivity contribution in [1.29, 1.82) is 0 Å². The van der Waals surface area contributed by atoms with Crippen LogP contribution in [0.5, 0.6) is 0 Å². The van der Waals surface area contributed by atoms with Gasteiger partial charge >= 0.3 is 0 Å². The number of amides is 2. The number of hydrogen-bond donors (Lipinski definition) is 3. The summed E-state index contributed by atoms with van der Waals surface area (Å²) in [5.74, 6) is -0.679. The van der Waals surface area contributed by atoms with E-state index in [1.807, 2.05) is 37.3 Å². The van der Waals surface area contributed by atoms with Gasteiger partial charge in [0.05, 0.1) is 6.33 Å². The van der Waals surface area contributed by atoms with Crippen LogP contribution in [0.1, 0.15) is 46.3 Å². The Labute approximate surface area is 129 Å². The quantitative estimate of drug-likeness (QED) is 0.682. The molecule has 3 N–H and O–H groups in total. The van der Waals surface area contributed by atoms with E-state index in [1.54, 1.807) is 0 Å². The molecule has 2 rings (SSSR count). The molecule has 1 aromatic carbocycles. The molecule has 0 aliphatic carbocycles. The summed E-state index contributed by atoms with van der Waals surface area (Å²) in [6.45, 7) is 3.02. The van der Waals surface area contributed by atoms with Gasteiger partial charge in [0.1, 0.15) is 5.69 Å². The third kappa shape index (κ3) is 4.18. The predicted octanol–water partition coefficient (Wildman–Crippen LogP) is 1.87. The summed E-state index contributed by atoms with van der Waals surface area (Å²) in [6, 6.07) is 9.57. The highest BCUT2D eigenvalue weighted by Gasteiger charge is 2.19. The molecule has 6 nitrogen and oxygen atoms in total. The second-order valence-electron chi connectivity index (χ2n) is 4.90. The SMILES string of the molecule is CCCCNC(=O)c1nc[nH]c1C(=O)NCc1ccccc1. The third-order valence-corrected chi connectivity index (χ3v) is 3.19. The van der Waals surface area contributed by atoms with Crippen LogP contribution in [0, 0.1) is 0 Å². The Balaban J connectivity index is 1.96. The first kappa shape index (κ1) is 15.8. The van der Waals surface area contributed by atoms with E-state index >= 15 is 0 Å². The van der Waals surface area contributed by atoms with E-state index in [2.05, 4.69) is 20.6 Å². The molecule has 0 spiro atoms. The topological polar surface area (TPSA) is 86.9 Å². The molecule has 2 amide bonds. The molecule has 6 heteroatoms. The molecule has 0 aliphatic rings. The zero-order valence-electron chi connectivity index (χ0n) is 12.6. The number of benzene rings is 1. The van der Waals surface area contributed by atoms with Crippen LogP contribution in [0.15, 0.2) is 36.7 Å². The van der Waals surface area contributed by atoms with Crippen molar-refractivity contribution in [3.63, 3.8) is 0 Å². The van der Waals surface area contributed by atoms with E-state index in [9.17, 15) is 9.59 Å². The number of aromatic nitrogens is 2. The molecule has 116 valence electrons. The van der Waals surface area contributed by atoms with E-state index < -0.39 is 0 Å². The molecule has 0 saturated carbocycles. The average Bonchev–Trinajstić information content (AvgIpc) is 3.03. The molecule has 0 radical (unpaired) electrons. The van der Waals surface area contributed by atoms with Crippen LogP contribution in [0.4, 0.5) is 0 Å². The second-order valence-corrected chi connectivity index (χ2v) is 4.90. The number of imidazole rings is 1. The van der Waals surface area contributed by atoms with Gasteiger partial charge in [-0.2, -0.15) is 0 Å². The maximum atomic E-state index is 12.2. The zero-order chi connectivity index (χ0) is 15.8. The van der Waals surface area contributed by atoms with Crippen LogP contribution in [-0.2, 0) is 6.54 Å². The Bertz CT molecular complexity index is 622. The molecule has 0 saturated heterocycles. The zero-order valence-corrected chi connectivity index (χ0v) is 12.6. The monoisotopic (exact) mass is 300 g/mol. The minimum Gasteiger partial charge on any atom is -0.351 e. The minimum absolute atomic E-state index is 0.127. The molecule has 1 aromatic heterocycles. The average molecular weight is 300 g/mol. The van der Waals surface area contributed by atoms with E-state index in [-0.39, 0.29) is 23.2 Å². The number of H-pyrrole nitrogens is 1. The minimum atomic E-state index is -0.345. The number of aromatic amines is 1. The van der Waals surface area contributed by atoms with E-state index in [0.717, 1.165) is 18.4 Å². The molecule has 2 aromatic rings. The van der Waals surface area contributed by atoms with Gasteiger partial charge in [-0.1, -0.05) is 43.7 Å². The lowest BCUT2D eigenvalue weighted by molar-refractivity contribution is 0.0912. The normalized spacial score (nSPS) is 10.2. The third-order valence-electron chi connectivity index (χ3n) is 3.19. The van der Waals surface area contributed by atoms with E-state index in [4.69, 9.17) is 0 Å². The van der Waals surface area contributed by atoms with Crippen LogP contribution in [0.3, 0.4) is 0 Å². The molecular formula is C16H20N4O2. The van der Waals surface area contributed by atoms with Gasteiger partial charge in [-0.15, -0.1) is 0 Å². The Morgan fingerprint density at radius 3 is 2.64 bits per heavy atom. The lowest BCUT2D eigenvalue weighted by Gasteiger charge is -2.06. The smallest absolute Gasteiger partial charge is 0.272 e. The van der Waals surface area contributed by atoms with Gasteiger partial charge in [0.15, 0.2) is 5.69 Å². The number of hydrogen-bond acceptors (Lipinski definition) is 3. The fourth-order valence-corrected chi connectivity index (χ4v) is 1.97. The molecule has 0 atom stereocenters. The number of nitrogens with zero attached hydrogens (tertiary/aromatic N) is 1. The molecule has 0 unspecified atom stereocenters. The highest BCUT2D eigenvalue weighted by molar-refractivity contribution is 6.04. The van der Waals surface area contributed by atoms with Gasteiger partial charge in [-0.25, -0.2) is 4.98 Å². The van der Waals surface area contributed by atoms with Crippen LogP contribution in [-0.4, -0.2) is 28.3 Å². The van der Waals surface area contributed by atoms with Gasteiger partial charge in [0.2, 0.25) is 0 Å². The fraction of sp³-hybridized carbons (Fsp3) is 0.312. The fourth-order valence-electron chi connectivity index (χ4n) is 1.97. The summed E-state index contributed by atoms with van der Waals surface area (Å²) < 4.78 is 0. The Hall–Kier alpha value is -2.63. The van der Waals surface area contributed by atoms with Crippen molar-refractivity contribution < 1.29 is 9.59 Å². The predicted molar refractivity (Wildman–Crippen MR) is 83.4 cm³/mol.